The third-order valence-electron chi connectivity index (χ3n) is 2.35. The fourth-order valence-electron chi connectivity index (χ4n) is 1.57. The van der Waals surface area contributed by atoms with E-state index in [2.05, 4.69) is 5.32 Å². The number of hydrogen-bond donors (Lipinski definition) is 1. The van der Waals surface area contributed by atoms with Gasteiger partial charge in [0.25, 0.3) is 5.91 Å². The largest absolute Gasteiger partial charge is 0.349 e. The Morgan fingerprint density at radius 2 is 1.95 bits per heavy atom. The minimum Gasteiger partial charge on any atom is -0.349 e. The molecule has 0 spiro atoms. The van der Waals surface area contributed by atoms with E-state index in [1.54, 1.807) is 6.08 Å². The lowest BCUT2D eigenvalue weighted by Gasteiger charge is -2.06. The van der Waals surface area contributed by atoms with Crippen molar-refractivity contribution < 1.29 is 4.79 Å². The molecule has 0 saturated heterocycles. The van der Waals surface area contributed by atoms with Gasteiger partial charge >= 0.3 is 0 Å². The van der Waals surface area contributed by atoms with Gasteiger partial charge in [-0.2, -0.15) is 5.26 Å². The Balaban J connectivity index is 2.90. The summed E-state index contributed by atoms with van der Waals surface area (Å²) in [5.74, 6) is -0.335. The van der Waals surface area contributed by atoms with Crippen LogP contribution in [0.5, 0.6) is 0 Å². The summed E-state index contributed by atoms with van der Waals surface area (Å²) in [5.41, 5.74) is 2.03. The van der Waals surface area contributed by atoms with Gasteiger partial charge in [-0.3, -0.25) is 4.79 Å². The summed E-state index contributed by atoms with van der Waals surface area (Å²) in [6, 6.07) is 11.7. The molecule has 98 valence electrons. The molecule has 0 aliphatic carbocycles. The zero-order valence-electron chi connectivity index (χ0n) is 11.5. The summed E-state index contributed by atoms with van der Waals surface area (Å²) in [6.07, 6.45) is 3.53. The summed E-state index contributed by atoms with van der Waals surface area (Å²) in [7, 11) is 0. The number of allylic oxidation sites excluding steroid dienone is 2. The molecule has 3 heteroatoms. The van der Waals surface area contributed by atoms with Crippen LogP contribution in [0.25, 0.3) is 6.08 Å². The first kappa shape index (κ1) is 14.7. The maximum Gasteiger partial charge on any atom is 0.262 e. The number of hydrogen-bond acceptors (Lipinski definition) is 2. The van der Waals surface area contributed by atoms with Crippen LogP contribution in [0.4, 0.5) is 0 Å². The van der Waals surface area contributed by atoms with Gasteiger partial charge in [0.15, 0.2) is 0 Å². The molecule has 1 amide bonds. The number of carbonyl (C=O) groups excluding carboxylic acids is 1. The zero-order valence-corrected chi connectivity index (χ0v) is 11.5. The molecule has 1 rings (SSSR count). The molecule has 0 fully saturated rings. The van der Waals surface area contributed by atoms with E-state index in [0.717, 1.165) is 11.1 Å². The minimum atomic E-state index is -0.335. The summed E-state index contributed by atoms with van der Waals surface area (Å²) < 4.78 is 0. The summed E-state index contributed by atoms with van der Waals surface area (Å²) in [5, 5.41) is 11.7. The second kappa shape index (κ2) is 7.17. The number of nitrogens with one attached hydrogen (secondary N) is 1. The Morgan fingerprint density at radius 3 is 2.47 bits per heavy atom. The molecule has 1 aromatic carbocycles. The van der Waals surface area contributed by atoms with Crippen molar-refractivity contribution in [3.05, 3.63) is 53.1 Å². The lowest BCUT2D eigenvalue weighted by molar-refractivity contribution is -0.117. The standard InChI is InChI=1S/C16H18N2O/c1-12(2)18-16(19)15(11-17)10-13(3)9-14-7-5-4-6-8-14/h4-10,12H,1-3H3,(H,18,19)/b13-9+,15-10-. The molecule has 0 bridgehead atoms. The Hall–Kier alpha value is -2.34. The van der Waals surface area contributed by atoms with Crippen molar-refractivity contribution in [2.24, 2.45) is 0 Å². The minimum absolute atomic E-state index is 0.0164. The van der Waals surface area contributed by atoms with E-state index >= 15 is 0 Å². The first-order valence-electron chi connectivity index (χ1n) is 6.19. The summed E-state index contributed by atoms with van der Waals surface area (Å²) in [6.45, 7) is 5.59. The van der Waals surface area contributed by atoms with Crippen LogP contribution in [0.3, 0.4) is 0 Å². The number of amides is 1. The van der Waals surface area contributed by atoms with Crippen LogP contribution in [0.1, 0.15) is 26.3 Å². The van der Waals surface area contributed by atoms with Crippen molar-refractivity contribution in [1.82, 2.24) is 5.32 Å². The maximum absolute atomic E-state index is 11.7. The second-order valence-electron chi connectivity index (χ2n) is 4.60. The second-order valence-corrected chi connectivity index (χ2v) is 4.60. The Morgan fingerprint density at radius 1 is 1.32 bits per heavy atom. The monoisotopic (exact) mass is 254 g/mol. The van der Waals surface area contributed by atoms with Crippen LogP contribution in [0.15, 0.2) is 47.6 Å². The van der Waals surface area contributed by atoms with Crippen LogP contribution < -0.4 is 5.32 Å². The first-order valence-corrected chi connectivity index (χ1v) is 6.19. The van der Waals surface area contributed by atoms with Crippen molar-refractivity contribution in [2.45, 2.75) is 26.8 Å². The summed E-state index contributed by atoms with van der Waals surface area (Å²) in [4.78, 5) is 11.7. The molecule has 0 saturated carbocycles. The quantitative estimate of drug-likeness (QED) is 0.510. The van der Waals surface area contributed by atoms with Crippen LogP contribution in [-0.4, -0.2) is 11.9 Å². The van der Waals surface area contributed by atoms with E-state index in [4.69, 9.17) is 5.26 Å². The number of benzene rings is 1. The van der Waals surface area contributed by atoms with E-state index in [9.17, 15) is 4.79 Å². The average molecular weight is 254 g/mol. The van der Waals surface area contributed by atoms with Crippen molar-refractivity contribution in [3.8, 4) is 6.07 Å². The van der Waals surface area contributed by atoms with Crippen LogP contribution in [-0.2, 0) is 4.79 Å². The molecule has 0 heterocycles. The number of rotatable bonds is 4. The van der Waals surface area contributed by atoms with Gasteiger partial charge in [-0.1, -0.05) is 36.4 Å². The topological polar surface area (TPSA) is 52.9 Å². The smallest absolute Gasteiger partial charge is 0.262 e. The molecule has 0 aromatic heterocycles. The molecule has 1 aromatic rings. The molecule has 0 radical (unpaired) electrons. The number of nitriles is 1. The molecule has 3 nitrogen and oxygen atoms in total. The lowest BCUT2D eigenvalue weighted by Crippen LogP contribution is -2.31. The SMILES string of the molecule is CC(/C=C(/C#N)C(=O)NC(C)C)=C\c1ccccc1. The fourth-order valence-corrected chi connectivity index (χ4v) is 1.57. The molecule has 0 unspecified atom stereocenters. The molecule has 0 aliphatic rings. The highest BCUT2D eigenvalue weighted by Crippen LogP contribution is 2.09. The summed E-state index contributed by atoms with van der Waals surface area (Å²) >= 11 is 0. The molecule has 0 aliphatic heterocycles. The molecule has 0 atom stereocenters. The van der Waals surface area contributed by atoms with Gasteiger partial charge in [0.05, 0.1) is 0 Å². The predicted octanol–water partition coefficient (Wildman–Crippen LogP) is 3.06. The van der Waals surface area contributed by atoms with Gasteiger partial charge < -0.3 is 5.32 Å². The highest BCUT2D eigenvalue weighted by Gasteiger charge is 2.09. The number of carbonyl (C=O) groups is 1. The Labute approximate surface area is 114 Å². The van der Waals surface area contributed by atoms with Crippen molar-refractivity contribution in [3.63, 3.8) is 0 Å². The van der Waals surface area contributed by atoms with Crippen molar-refractivity contribution >= 4 is 12.0 Å². The Bertz CT molecular complexity index is 534. The highest BCUT2D eigenvalue weighted by atomic mass is 16.1. The van der Waals surface area contributed by atoms with Gasteiger partial charge in [0, 0.05) is 6.04 Å². The average Bonchev–Trinajstić information content (AvgIpc) is 2.36. The van der Waals surface area contributed by atoms with Crippen LogP contribution in [0, 0.1) is 11.3 Å². The van der Waals surface area contributed by atoms with E-state index < -0.39 is 0 Å². The van der Waals surface area contributed by atoms with Gasteiger partial charge in [0.1, 0.15) is 11.6 Å². The van der Waals surface area contributed by atoms with Gasteiger partial charge in [-0.15, -0.1) is 0 Å². The van der Waals surface area contributed by atoms with E-state index in [1.165, 1.54) is 0 Å². The normalized spacial score (nSPS) is 12.2. The van der Waals surface area contributed by atoms with Gasteiger partial charge in [-0.25, -0.2) is 0 Å². The van der Waals surface area contributed by atoms with Crippen LogP contribution >= 0.6 is 0 Å². The van der Waals surface area contributed by atoms with Gasteiger partial charge in [-0.05, 0) is 38.0 Å². The first-order chi connectivity index (χ1) is 9.02. The van der Waals surface area contributed by atoms with Gasteiger partial charge in [0.2, 0.25) is 0 Å². The van der Waals surface area contributed by atoms with E-state index in [1.807, 2.05) is 63.2 Å². The van der Waals surface area contributed by atoms with Crippen LogP contribution in [0.2, 0.25) is 0 Å². The molecular weight excluding hydrogens is 236 g/mol. The third-order valence-corrected chi connectivity index (χ3v) is 2.35. The fraction of sp³-hybridized carbons (Fsp3) is 0.250. The Kier molecular flexibility index (Phi) is 5.56. The molecular formula is C16H18N2O. The molecule has 19 heavy (non-hydrogen) atoms. The highest BCUT2D eigenvalue weighted by molar-refractivity contribution is 5.98. The van der Waals surface area contributed by atoms with Crippen molar-refractivity contribution in [1.29, 1.82) is 5.26 Å². The third kappa shape index (κ3) is 5.22. The predicted molar refractivity (Wildman–Crippen MR) is 77.1 cm³/mol. The van der Waals surface area contributed by atoms with Crippen molar-refractivity contribution in [2.75, 3.05) is 0 Å². The maximum atomic E-state index is 11.7. The van der Waals surface area contributed by atoms with E-state index in [0.29, 0.717) is 0 Å². The molecule has 1 N–H and O–H groups in total. The zero-order chi connectivity index (χ0) is 14.3. The number of nitrogens with zero attached hydrogens (tertiary/aromatic N) is 1. The lowest BCUT2D eigenvalue weighted by atomic mass is 10.1. The van der Waals surface area contributed by atoms with E-state index in [-0.39, 0.29) is 17.5 Å².